The topological polar surface area (TPSA) is 101 Å². The molecule has 0 rings (SSSR count). The number of aliphatic carboxylic acids is 1. The molecule has 104 valence electrons. The summed E-state index contributed by atoms with van der Waals surface area (Å²) in [5, 5.41) is 28.7. The molecule has 0 radical (unpaired) electrons. The third kappa shape index (κ3) is 7.78. The average molecular weight is 259 g/mol. The van der Waals surface area contributed by atoms with Crippen molar-refractivity contribution in [3.8, 4) is 0 Å². The van der Waals surface area contributed by atoms with Crippen LogP contribution in [0, 0.1) is 10.1 Å². The molecule has 0 aromatic rings. The molecule has 0 spiro atoms. The lowest BCUT2D eigenvalue weighted by Crippen LogP contribution is -2.35. The third-order valence-electron chi connectivity index (χ3n) is 2.62. The summed E-state index contributed by atoms with van der Waals surface area (Å²) in [7, 11) is 0. The molecular formula is C12H21NO5. The molecule has 0 aromatic carbocycles. The molecule has 2 N–H and O–H groups in total. The molecule has 6 heteroatoms. The second-order valence-corrected chi connectivity index (χ2v) is 4.22. The number of hydrogen-bond donors (Lipinski definition) is 2. The Kier molecular flexibility index (Phi) is 8.82. The van der Waals surface area contributed by atoms with Gasteiger partial charge in [-0.05, 0) is 19.3 Å². The summed E-state index contributed by atoms with van der Waals surface area (Å²) in [6.07, 6.45) is 5.94. The van der Waals surface area contributed by atoms with Crippen molar-refractivity contribution in [2.24, 2.45) is 0 Å². The van der Waals surface area contributed by atoms with Crippen molar-refractivity contribution < 1.29 is 19.9 Å². The highest BCUT2D eigenvalue weighted by atomic mass is 16.6. The number of nitrogens with zero attached hydrogens (tertiary/aromatic N) is 1. The van der Waals surface area contributed by atoms with Gasteiger partial charge in [0, 0.05) is 4.92 Å². The van der Waals surface area contributed by atoms with E-state index in [2.05, 4.69) is 6.92 Å². The van der Waals surface area contributed by atoms with Crippen molar-refractivity contribution in [1.82, 2.24) is 0 Å². The quantitative estimate of drug-likeness (QED) is 0.270. The van der Waals surface area contributed by atoms with Crippen LogP contribution >= 0.6 is 0 Å². The number of aliphatic hydroxyl groups excluding tert-OH is 1. The van der Waals surface area contributed by atoms with Crippen LogP contribution in [-0.2, 0) is 4.79 Å². The van der Waals surface area contributed by atoms with Gasteiger partial charge in [-0.25, -0.2) is 0 Å². The lowest BCUT2D eigenvalue weighted by molar-refractivity contribution is -0.533. The number of carbonyl (C=O) groups is 1. The van der Waals surface area contributed by atoms with E-state index in [4.69, 9.17) is 5.11 Å². The summed E-state index contributed by atoms with van der Waals surface area (Å²) in [6, 6.07) is -1.44. The highest BCUT2D eigenvalue weighted by Crippen LogP contribution is 2.09. The maximum Gasteiger partial charge on any atom is 0.310 e. The lowest BCUT2D eigenvalue weighted by Gasteiger charge is -2.12. The zero-order valence-electron chi connectivity index (χ0n) is 10.6. The molecule has 6 nitrogen and oxygen atoms in total. The third-order valence-corrected chi connectivity index (χ3v) is 2.62. The molecule has 0 saturated carbocycles. The van der Waals surface area contributed by atoms with E-state index in [1.807, 2.05) is 6.08 Å². The van der Waals surface area contributed by atoms with E-state index in [0.717, 1.165) is 25.7 Å². The fourth-order valence-electron chi connectivity index (χ4n) is 1.55. The van der Waals surface area contributed by atoms with Crippen LogP contribution in [0.3, 0.4) is 0 Å². The summed E-state index contributed by atoms with van der Waals surface area (Å²) < 4.78 is 0. The molecule has 0 bridgehead atoms. The van der Waals surface area contributed by atoms with Crippen LogP contribution in [-0.4, -0.2) is 33.3 Å². The van der Waals surface area contributed by atoms with Crippen molar-refractivity contribution in [3.63, 3.8) is 0 Å². The van der Waals surface area contributed by atoms with Crippen LogP contribution in [0.2, 0.25) is 0 Å². The van der Waals surface area contributed by atoms with Gasteiger partial charge in [0.1, 0.15) is 12.5 Å². The molecule has 0 aliphatic heterocycles. The van der Waals surface area contributed by atoms with Gasteiger partial charge in [-0.2, -0.15) is 0 Å². The normalized spacial score (nSPS) is 14.6. The zero-order valence-corrected chi connectivity index (χ0v) is 10.6. The minimum Gasteiger partial charge on any atom is -0.481 e. The van der Waals surface area contributed by atoms with Gasteiger partial charge in [0.05, 0.1) is 0 Å². The first-order valence-electron chi connectivity index (χ1n) is 6.17. The van der Waals surface area contributed by atoms with E-state index >= 15 is 0 Å². The van der Waals surface area contributed by atoms with E-state index in [1.165, 1.54) is 0 Å². The molecule has 0 fully saturated rings. The Morgan fingerprint density at radius 3 is 2.56 bits per heavy atom. The van der Waals surface area contributed by atoms with Gasteiger partial charge in [0.25, 0.3) is 0 Å². The highest BCUT2D eigenvalue weighted by molar-refractivity contribution is 5.67. The number of nitro groups is 1. The molecule has 18 heavy (non-hydrogen) atoms. The Labute approximate surface area is 106 Å². The highest BCUT2D eigenvalue weighted by Gasteiger charge is 2.31. The van der Waals surface area contributed by atoms with Gasteiger partial charge in [0.15, 0.2) is 0 Å². The SMILES string of the molecule is CCCCCC=CCC(O)C(CC(=O)O)[N+](=O)[O-]. The summed E-state index contributed by atoms with van der Waals surface area (Å²) in [5.41, 5.74) is 0. The van der Waals surface area contributed by atoms with Crippen LogP contribution in [0.15, 0.2) is 12.2 Å². The average Bonchev–Trinajstić information content (AvgIpc) is 2.29. The van der Waals surface area contributed by atoms with Crippen molar-refractivity contribution in [2.45, 2.75) is 57.6 Å². The molecule has 0 aromatic heterocycles. The number of carboxylic acid groups (broad SMARTS) is 1. The number of hydrogen-bond acceptors (Lipinski definition) is 4. The van der Waals surface area contributed by atoms with Crippen molar-refractivity contribution in [1.29, 1.82) is 0 Å². The molecule has 0 aliphatic rings. The smallest absolute Gasteiger partial charge is 0.310 e. The Morgan fingerprint density at radius 1 is 1.39 bits per heavy atom. The molecule has 0 amide bonds. The maximum absolute atomic E-state index is 10.6. The number of carboxylic acids is 1. The minimum absolute atomic E-state index is 0.116. The number of allylic oxidation sites excluding steroid dienone is 1. The zero-order chi connectivity index (χ0) is 14.0. The standard InChI is InChI=1S/C12H21NO5/c1-2-3-4-5-6-7-8-11(14)10(13(17)18)9-12(15)16/h6-7,10-11,14H,2-5,8-9H2,1H3,(H,15,16). The molecule has 0 aliphatic carbocycles. The molecule has 2 unspecified atom stereocenters. The Balaban J connectivity index is 4.06. The van der Waals surface area contributed by atoms with Crippen LogP contribution in [0.5, 0.6) is 0 Å². The maximum atomic E-state index is 10.6. The first-order chi connectivity index (χ1) is 8.49. The van der Waals surface area contributed by atoms with Crippen molar-refractivity contribution >= 4 is 5.97 Å². The van der Waals surface area contributed by atoms with Gasteiger partial charge >= 0.3 is 5.97 Å². The molecule has 0 heterocycles. The molecule has 2 atom stereocenters. The van der Waals surface area contributed by atoms with Crippen molar-refractivity contribution in [2.75, 3.05) is 0 Å². The fraction of sp³-hybridized carbons (Fsp3) is 0.750. The summed E-state index contributed by atoms with van der Waals surface area (Å²) in [4.78, 5) is 20.3. The van der Waals surface area contributed by atoms with E-state index in [-0.39, 0.29) is 6.42 Å². The summed E-state index contributed by atoms with van der Waals surface area (Å²) in [5.74, 6) is -1.28. The fourth-order valence-corrected chi connectivity index (χ4v) is 1.55. The first kappa shape index (κ1) is 16.6. The Morgan fingerprint density at radius 2 is 2.06 bits per heavy atom. The largest absolute Gasteiger partial charge is 0.481 e. The second-order valence-electron chi connectivity index (χ2n) is 4.22. The van der Waals surface area contributed by atoms with Crippen LogP contribution in [0.1, 0.15) is 45.4 Å². The van der Waals surface area contributed by atoms with Gasteiger partial charge < -0.3 is 10.2 Å². The van der Waals surface area contributed by atoms with E-state index in [1.54, 1.807) is 6.08 Å². The lowest BCUT2D eigenvalue weighted by atomic mass is 10.0. The number of unbranched alkanes of at least 4 members (excludes halogenated alkanes) is 3. The van der Waals surface area contributed by atoms with Crippen LogP contribution in [0.25, 0.3) is 0 Å². The minimum atomic E-state index is -1.44. The number of aliphatic hydroxyl groups is 1. The monoisotopic (exact) mass is 259 g/mol. The predicted molar refractivity (Wildman–Crippen MR) is 66.9 cm³/mol. The van der Waals surface area contributed by atoms with E-state index in [9.17, 15) is 20.0 Å². The summed E-state index contributed by atoms with van der Waals surface area (Å²) >= 11 is 0. The van der Waals surface area contributed by atoms with Gasteiger partial charge in [-0.3, -0.25) is 14.9 Å². The van der Waals surface area contributed by atoms with Gasteiger partial charge in [0.2, 0.25) is 6.04 Å². The van der Waals surface area contributed by atoms with E-state index in [0.29, 0.717) is 0 Å². The first-order valence-corrected chi connectivity index (χ1v) is 6.17. The van der Waals surface area contributed by atoms with Crippen molar-refractivity contribution in [3.05, 3.63) is 22.3 Å². The Bertz CT molecular complexity index is 290. The summed E-state index contributed by atoms with van der Waals surface area (Å²) in [6.45, 7) is 2.10. The predicted octanol–water partition coefficient (Wildman–Crippen LogP) is 1.99. The molecular weight excluding hydrogens is 238 g/mol. The van der Waals surface area contributed by atoms with Crippen LogP contribution < -0.4 is 0 Å². The van der Waals surface area contributed by atoms with Gasteiger partial charge in [-0.15, -0.1) is 0 Å². The number of rotatable bonds is 10. The molecule has 0 saturated heterocycles. The van der Waals surface area contributed by atoms with Gasteiger partial charge in [-0.1, -0.05) is 31.9 Å². The second kappa shape index (κ2) is 9.58. The van der Waals surface area contributed by atoms with E-state index < -0.39 is 29.5 Å². The Hall–Kier alpha value is -1.43. The van der Waals surface area contributed by atoms with Crippen LogP contribution in [0.4, 0.5) is 0 Å².